The second kappa shape index (κ2) is 8.43. The molecule has 2 rings (SSSR count). The Kier molecular flexibility index (Phi) is 6.57. The minimum absolute atomic E-state index is 0.148. The third-order valence-corrected chi connectivity index (χ3v) is 4.43. The average Bonchev–Trinajstić information content (AvgIpc) is 2.49. The van der Waals surface area contributed by atoms with Crippen LogP contribution in [0, 0.1) is 6.92 Å². The third kappa shape index (κ3) is 5.61. The first-order valence-corrected chi connectivity index (χ1v) is 8.64. The summed E-state index contributed by atoms with van der Waals surface area (Å²) in [6.07, 6.45) is 0.892. The molecule has 0 heterocycles. The first kappa shape index (κ1) is 17.9. The number of amides is 1. The van der Waals surface area contributed by atoms with Crippen LogP contribution in [0.25, 0.3) is 0 Å². The topological polar surface area (TPSA) is 41.1 Å². The fourth-order valence-corrected chi connectivity index (χ4v) is 3.06. The number of nitrogens with one attached hydrogen (secondary N) is 2. The van der Waals surface area contributed by atoms with E-state index in [9.17, 15) is 4.79 Å². The number of hydrogen-bond donors (Lipinski definition) is 2. The van der Waals surface area contributed by atoms with Gasteiger partial charge in [0.2, 0.25) is 5.91 Å². The standard InChI is InChI=1S/C17H16BrClN2OS/c1-11-6-8-15(13(18)10-11)20-17(23)21-16(22)9-7-12-4-2-3-5-14(12)19/h2-6,8,10H,7,9H2,1H3,(H2,20,21,22,23). The average molecular weight is 412 g/mol. The molecule has 0 aromatic heterocycles. The molecule has 0 aliphatic carbocycles. The number of hydrogen-bond acceptors (Lipinski definition) is 2. The lowest BCUT2D eigenvalue weighted by Gasteiger charge is -2.11. The smallest absolute Gasteiger partial charge is 0.226 e. The highest BCUT2D eigenvalue weighted by Gasteiger charge is 2.08. The van der Waals surface area contributed by atoms with E-state index in [0.717, 1.165) is 21.3 Å². The summed E-state index contributed by atoms with van der Waals surface area (Å²) in [6.45, 7) is 2.00. The predicted octanol–water partition coefficient (Wildman–Crippen LogP) is 4.86. The third-order valence-electron chi connectivity index (χ3n) is 3.20. The fraction of sp³-hybridized carbons (Fsp3) is 0.176. The zero-order valence-corrected chi connectivity index (χ0v) is 15.7. The summed E-state index contributed by atoms with van der Waals surface area (Å²) in [5.41, 5.74) is 2.90. The molecule has 0 bridgehead atoms. The molecule has 2 aromatic carbocycles. The van der Waals surface area contributed by atoms with Crippen LogP contribution in [0.15, 0.2) is 46.9 Å². The summed E-state index contributed by atoms with van der Waals surface area (Å²) in [6, 6.07) is 13.3. The van der Waals surface area contributed by atoms with Crippen LogP contribution in [0.5, 0.6) is 0 Å². The number of rotatable bonds is 4. The van der Waals surface area contributed by atoms with Crippen LogP contribution in [0.4, 0.5) is 5.69 Å². The van der Waals surface area contributed by atoms with Crippen molar-refractivity contribution in [3.05, 3.63) is 63.1 Å². The van der Waals surface area contributed by atoms with Gasteiger partial charge in [0.25, 0.3) is 0 Å². The molecular weight excluding hydrogens is 396 g/mol. The highest BCUT2D eigenvalue weighted by atomic mass is 79.9. The van der Waals surface area contributed by atoms with E-state index in [4.69, 9.17) is 23.8 Å². The first-order valence-electron chi connectivity index (χ1n) is 7.06. The molecule has 6 heteroatoms. The number of benzene rings is 2. The molecule has 0 aliphatic rings. The number of halogens is 2. The second-order valence-corrected chi connectivity index (χ2v) is 6.75. The lowest BCUT2D eigenvalue weighted by Crippen LogP contribution is -2.34. The largest absolute Gasteiger partial charge is 0.331 e. The highest BCUT2D eigenvalue weighted by molar-refractivity contribution is 9.10. The van der Waals surface area contributed by atoms with Crippen molar-refractivity contribution in [2.45, 2.75) is 19.8 Å². The molecule has 0 saturated heterocycles. The zero-order chi connectivity index (χ0) is 16.8. The predicted molar refractivity (Wildman–Crippen MR) is 103 cm³/mol. The van der Waals surface area contributed by atoms with Crippen molar-refractivity contribution in [3.63, 3.8) is 0 Å². The Labute approximate surface area is 154 Å². The SMILES string of the molecule is Cc1ccc(NC(=S)NC(=O)CCc2ccccc2Cl)c(Br)c1. The molecule has 0 radical (unpaired) electrons. The lowest BCUT2D eigenvalue weighted by molar-refractivity contribution is -0.119. The van der Waals surface area contributed by atoms with E-state index < -0.39 is 0 Å². The first-order chi connectivity index (χ1) is 11.0. The summed E-state index contributed by atoms with van der Waals surface area (Å²) >= 11 is 14.7. The fourth-order valence-electron chi connectivity index (χ4n) is 2.01. The second-order valence-electron chi connectivity index (χ2n) is 5.08. The Morgan fingerprint density at radius 2 is 2.00 bits per heavy atom. The van der Waals surface area contributed by atoms with Crippen molar-refractivity contribution < 1.29 is 4.79 Å². The number of aryl methyl sites for hydroxylation is 2. The van der Waals surface area contributed by atoms with Gasteiger partial charge in [-0.1, -0.05) is 35.9 Å². The Morgan fingerprint density at radius 1 is 1.26 bits per heavy atom. The molecule has 0 spiro atoms. The number of thiocarbonyl (C=S) groups is 1. The van der Waals surface area contributed by atoms with Crippen LogP contribution in [0.3, 0.4) is 0 Å². The number of carbonyl (C=O) groups is 1. The Balaban J connectivity index is 1.85. The minimum Gasteiger partial charge on any atom is -0.331 e. The van der Waals surface area contributed by atoms with E-state index >= 15 is 0 Å². The van der Waals surface area contributed by atoms with Crippen LogP contribution in [0.1, 0.15) is 17.5 Å². The van der Waals surface area contributed by atoms with Crippen LogP contribution in [-0.2, 0) is 11.2 Å². The molecule has 120 valence electrons. The van der Waals surface area contributed by atoms with E-state index in [1.165, 1.54) is 0 Å². The van der Waals surface area contributed by atoms with E-state index in [1.54, 1.807) is 0 Å². The summed E-state index contributed by atoms with van der Waals surface area (Å²) in [7, 11) is 0. The molecule has 2 N–H and O–H groups in total. The van der Waals surface area contributed by atoms with Crippen molar-refractivity contribution in [3.8, 4) is 0 Å². The van der Waals surface area contributed by atoms with Crippen molar-refractivity contribution in [2.75, 3.05) is 5.32 Å². The molecule has 2 aromatic rings. The van der Waals surface area contributed by atoms with E-state index in [-0.39, 0.29) is 11.0 Å². The summed E-state index contributed by atoms with van der Waals surface area (Å²) < 4.78 is 0.894. The Hall–Kier alpha value is -1.43. The molecule has 0 unspecified atom stereocenters. The Morgan fingerprint density at radius 3 is 2.70 bits per heavy atom. The van der Waals surface area contributed by atoms with Crippen LogP contribution in [0.2, 0.25) is 5.02 Å². The zero-order valence-electron chi connectivity index (χ0n) is 12.5. The minimum atomic E-state index is -0.148. The number of carbonyl (C=O) groups excluding carboxylic acids is 1. The van der Waals surface area contributed by atoms with Gasteiger partial charge in [0, 0.05) is 15.9 Å². The van der Waals surface area contributed by atoms with E-state index in [2.05, 4.69) is 26.6 Å². The molecule has 1 amide bonds. The normalized spacial score (nSPS) is 10.2. The van der Waals surface area contributed by atoms with E-state index in [1.807, 2.05) is 49.4 Å². The van der Waals surface area contributed by atoms with Crippen molar-refractivity contribution >= 4 is 56.5 Å². The van der Waals surface area contributed by atoms with Gasteiger partial charge in [-0.3, -0.25) is 4.79 Å². The molecule has 3 nitrogen and oxygen atoms in total. The molecule has 0 atom stereocenters. The Bertz CT molecular complexity index is 736. The lowest BCUT2D eigenvalue weighted by atomic mass is 10.1. The van der Waals surface area contributed by atoms with Gasteiger partial charge in [0.05, 0.1) is 5.69 Å². The monoisotopic (exact) mass is 410 g/mol. The summed E-state index contributed by atoms with van der Waals surface area (Å²) in [4.78, 5) is 12.0. The maximum absolute atomic E-state index is 12.0. The van der Waals surface area contributed by atoms with Gasteiger partial charge in [-0.25, -0.2) is 0 Å². The van der Waals surface area contributed by atoms with Crippen LogP contribution in [-0.4, -0.2) is 11.0 Å². The maximum Gasteiger partial charge on any atom is 0.226 e. The van der Waals surface area contributed by atoms with Gasteiger partial charge >= 0.3 is 0 Å². The van der Waals surface area contributed by atoms with Gasteiger partial charge in [0.1, 0.15) is 0 Å². The van der Waals surface area contributed by atoms with Crippen molar-refractivity contribution in [2.24, 2.45) is 0 Å². The quantitative estimate of drug-likeness (QED) is 0.706. The molecular formula is C17H16BrClN2OS. The van der Waals surface area contributed by atoms with E-state index in [0.29, 0.717) is 17.9 Å². The van der Waals surface area contributed by atoms with Crippen molar-refractivity contribution in [1.82, 2.24) is 5.32 Å². The summed E-state index contributed by atoms with van der Waals surface area (Å²) in [5.74, 6) is -0.148. The van der Waals surface area contributed by atoms with Gasteiger partial charge in [-0.05, 0) is 70.8 Å². The van der Waals surface area contributed by atoms with Gasteiger partial charge < -0.3 is 10.6 Å². The molecule has 0 saturated carbocycles. The van der Waals surface area contributed by atoms with Gasteiger partial charge in [-0.15, -0.1) is 0 Å². The number of anilines is 1. The summed E-state index contributed by atoms with van der Waals surface area (Å²) in [5, 5.41) is 6.63. The molecule has 0 aliphatic heterocycles. The van der Waals surface area contributed by atoms with Crippen molar-refractivity contribution in [1.29, 1.82) is 0 Å². The van der Waals surface area contributed by atoms with Crippen LogP contribution >= 0.6 is 39.7 Å². The van der Waals surface area contributed by atoms with Crippen LogP contribution < -0.4 is 10.6 Å². The highest BCUT2D eigenvalue weighted by Crippen LogP contribution is 2.23. The van der Waals surface area contributed by atoms with Gasteiger partial charge in [0.15, 0.2) is 5.11 Å². The van der Waals surface area contributed by atoms with Gasteiger partial charge in [-0.2, -0.15) is 0 Å². The molecule has 23 heavy (non-hydrogen) atoms. The molecule has 0 fully saturated rings. The maximum atomic E-state index is 12.0.